The minimum absolute atomic E-state index is 0.220. The Kier molecular flexibility index (Phi) is 9.77. The first kappa shape index (κ1) is 25.5. The summed E-state index contributed by atoms with van der Waals surface area (Å²) < 4.78 is 16.1. The molecule has 0 saturated carbocycles. The predicted octanol–water partition coefficient (Wildman–Crippen LogP) is 2.79. The van der Waals surface area contributed by atoms with Crippen LogP contribution in [0, 0.1) is 0 Å². The summed E-state index contributed by atoms with van der Waals surface area (Å²) in [4.78, 5) is 40.6. The Hall–Kier alpha value is -2.81. The van der Waals surface area contributed by atoms with Gasteiger partial charge in [-0.15, -0.1) is 0 Å². The summed E-state index contributed by atoms with van der Waals surface area (Å²) in [6.45, 7) is 9.58. The summed E-state index contributed by atoms with van der Waals surface area (Å²) in [5.74, 6) is -0.220. The molecule has 0 bridgehead atoms. The van der Waals surface area contributed by atoms with Crippen molar-refractivity contribution in [2.24, 2.45) is 0 Å². The monoisotopic (exact) mass is 449 g/mol. The third kappa shape index (κ3) is 8.74. The SMILES string of the molecule is CCOC(=O)N1CCN(C(=O)C(CCOCc2ccccc2)NC(=O)OC(C)(C)C)CC1. The number of rotatable bonds is 8. The number of hydrogen-bond donors (Lipinski definition) is 1. The molecule has 1 heterocycles. The molecule has 1 aromatic rings. The van der Waals surface area contributed by atoms with Crippen LogP contribution in [-0.2, 0) is 25.6 Å². The number of amides is 3. The maximum atomic E-state index is 13.1. The smallest absolute Gasteiger partial charge is 0.409 e. The van der Waals surface area contributed by atoms with Gasteiger partial charge in [0.25, 0.3) is 0 Å². The highest BCUT2D eigenvalue weighted by molar-refractivity contribution is 5.86. The third-order valence-electron chi connectivity index (χ3n) is 4.77. The van der Waals surface area contributed by atoms with Crippen LogP contribution in [-0.4, -0.2) is 78.9 Å². The van der Waals surface area contributed by atoms with E-state index < -0.39 is 17.7 Å². The van der Waals surface area contributed by atoms with Gasteiger partial charge in [0.2, 0.25) is 5.91 Å². The zero-order chi connectivity index (χ0) is 23.6. The lowest BCUT2D eigenvalue weighted by Gasteiger charge is -2.36. The lowest BCUT2D eigenvalue weighted by Crippen LogP contribution is -2.56. The van der Waals surface area contributed by atoms with E-state index in [0.29, 0.717) is 52.4 Å². The van der Waals surface area contributed by atoms with Crippen molar-refractivity contribution in [3.63, 3.8) is 0 Å². The molecule has 9 nitrogen and oxygen atoms in total. The molecule has 1 fully saturated rings. The maximum Gasteiger partial charge on any atom is 0.409 e. The number of benzene rings is 1. The molecular formula is C23H35N3O6. The minimum atomic E-state index is -0.783. The van der Waals surface area contributed by atoms with Crippen molar-refractivity contribution < 1.29 is 28.6 Å². The molecule has 1 aliphatic heterocycles. The van der Waals surface area contributed by atoms with Crippen molar-refractivity contribution in [3.8, 4) is 0 Å². The van der Waals surface area contributed by atoms with Crippen LogP contribution in [0.4, 0.5) is 9.59 Å². The van der Waals surface area contributed by atoms with Crippen LogP contribution < -0.4 is 5.32 Å². The average Bonchev–Trinajstić information content (AvgIpc) is 2.75. The van der Waals surface area contributed by atoms with Gasteiger partial charge in [-0.3, -0.25) is 4.79 Å². The first-order valence-electron chi connectivity index (χ1n) is 11.0. The third-order valence-corrected chi connectivity index (χ3v) is 4.77. The summed E-state index contributed by atoms with van der Waals surface area (Å²) in [5, 5.41) is 2.69. The number of alkyl carbamates (subject to hydrolysis) is 1. The second-order valence-corrected chi connectivity index (χ2v) is 8.54. The van der Waals surface area contributed by atoms with Crippen LogP contribution in [0.25, 0.3) is 0 Å². The van der Waals surface area contributed by atoms with E-state index in [-0.39, 0.29) is 12.0 Å². The van der Waals surface area contributed by atoms with Crippen LogP contribution >= 0.6 is 0 Å². The number of piperazine rings is 1. The maximum absolute atomic E-state index is 13.1. The Morgan fingerprint density at radius 3 is 2.25 bits per heavy atom. The normalized spacial score (nSPS) is 15.1. The standard InChI is InChI=1S/C23H35N3O6/c1-5-31-22(29)26-14-12-25(13-15-26)20(27)19(24-21(28)32-23(2,3)4)11-16-30-17-18-9-7-6-8-10-18/h6-10,19H,5,11-17H2,1-4H3,(H,24,28). The van der Waals surface area contributed by atoms with E-state index in [2.05, 4.69) is 5.32 Å². The zero-order valence-electron chi connectivity index (χ0n) is 19.5. The van der Waals surface area contributed by atoms with Gasteiger partial charge in [-0.1, -0.05) is 30.3 Å². The van der Waals surface area contributed by atoms with Gasteiger partial charge >= 0.3 is 12.2 Å². The molecule has 2 rings (SSSR count). The Morgan fingerprint density at radius 2 is 1.66 bits per heavy atom. The largest absolute Gasteiger partial charge is 0.450 e. The van der Waals surface area contributed by atoms with Gasteiger partial charge in [0, 0.05) is 39.2 Å². The van der Waals surface area contributed by atoms with E-state index in [0.717, 1.165) is 5.56 Å². The topological polar surface area (TPSA) is 97.4 Å². The fourth-order valence-corrected chi connectivity index (χ4v) is 3.22. The Balaban J connectivity index is 1.92. The summed E-state index contributed by atoms with van der Waals surface area (Å²) >= 11 is 0. The molecule has 32 heavy (non-hydrogen) atoms. The van der Waals surface area contributed by atoms with Gasteiger partial charge in [0.05, 0.1) is 13.2 Å². The number of nitrogens with zero attached hydrogens (tertiary/aromatic N) is 2. The van der Waals surface area contributed by atoms with Crippen LogP contribution in [0.2, 0.25) is 0 Å². The summed E-state index contributed by atoms with van der Waals surface area (Å²) in [6, 6.07) is 8.95. The molecule has 3 amide bonds. The molecule has 9 heteroatoms. The van der Waals surface area contributed by atoms with Crippen molar-refractivity contribution in [2.45, 2.75) is 52.4 Å². The summed E-state index contributed by atoms with van der Waals surface area (Å²) in [5.41, 5.74) is 0.359. The second-order valence-electron chi connectivity index (χ2n) is 8.54. The molecular weight excluding hydrogens is 414 g/mol. The van der Waals surface area contributed by atoms with Gasteiger partial charge in [0.1, 0.15) is 11.6 Å². The van der Waals surface area contributed by atoms with E-state index in [1.165, 1.54) is 0 Å². The van der Waals surface area contributed by atoms with Crippen molar-refractivity contribution >= 4 is 18.1 Å². The molecule has 1 saturated heterocycles. The predicted molar refractivity (Wildman–Crippen MR) is 119 cm³/mol. The summed E-state index contributed by atoms with van der Waals surface area (Å²) in [6.07, 6.45) is -0.718. The number of ether oxygens (including phenoxy) is 3. The lowest BCUT2D eigenvalue weighted by atomic mass is 10.1. The quantitative estimate of drug-likeness (QED) is 0.613. The van der Waals surface area contributed by atoms with Crippen molar-refractivity contribution in [2.75, 3.05) is 39.4 Å². The molecule has 0 radical (unpaired) electrons. The van der Waals surface area contributed by atoms with Crippen LogP contribution in [0.15, 0.2) is 30.3 Å². The molecule has 178 valence electrons. The Bertz CT molecular complexity index is 742. The highest BCUT2D eigenvalue weighted by Crippen LogP contribution is 2.11. The van der Waals surface area contributed by atoms with Gasteiger partial charge in [-0.25, -0.2) is 9.59 Å². The lowest BCUT2D eigenvalue weighted by molar-refractivity contribution is -0.135. The highest BCUT2D eigenvalue weighted by atomic mass is 16.6. The molecule has 1 aromatic carbocycles. The zero-order valence-corrected chi connectivity index (χ0v) is 19.5. The van der Waals surface area contributed by atoms with Crippen LogP contribution in [0.3, 0.4) is 0 Å². The van der Waals surface area contributed by atoms with E-state index in [9.17, 15) is 14.4 Å². The van der Waals surface area contributed by atoms with Crippen molar-refractivity contribution in [1.82, 2.24) is 15.1 Å². The van der Waals surface area contributed by atoms with Gasteiger partial charge in [-0.05, 0) is 33.3 Å². The molecule has 1 aliphatic rings. The van der Waals surface area contributed by atoms with E-state index in [4.69, 9.17) is 14.2 Å². The molecule has 0 spiro atoms. The molecule has 1 N–H and O–H groups in total. The van der Waals surface area contributed by atoms with Crippen molar-refractivity contribution in [3.05, 3.63) is 35.9 Å². The summed E-state index contributed by atoms with van der Waals surface area (Å²) in [7, 11) is 0. The fraction of sp³-hybridized carbons (Fsp3) is 0.609. The first-order valence-corrected chi connectivity index (χ1v) is 11.0. The van der Waals surface area contributed by atoms with E-state index in [1.807, 2.05) is 30.3 Å². The number of nitrogens with one attached hydrogen (secondary N) is 1. The second kappa shape index (κ2) is 12.3. The fourth-order valence-electron chi connectivity index (χ4n) is 3.22. The van der Waals surface area contributed by atoms with Gasteiger partial charge in [-0.2, -0.15) is 0 Å². The molecule has 1 unspecified atom stereocenters. The average molecular weight is 450 g/mol. The van der Waals surface area contributed by atoms with Crippen LogP contribution in [0.5, 0.6) is 0 Å². The van der Waals surface area contributed by atoms with E-state index in [1.54, 1.807) is 37.5 Å². The minimum Gasteiger partial charge on any atom is -0.450 e. The highest BCUT2D eigenvalue weighted by Gasteiger charge is 2.31. The molecule has 0 aromatic heterocycles. The number of carbonyl (C=O) groups excluding carboxylic acids is 3. The van der Waals surface area contributed by atoms with Crippen molar-refractivity contribution in [1.29, 1.82) is 0 Å². The first-order chi connectivity index (χ1) is 15.2. The van der Waals surface area contributed by atoms with Gasteiger partial charge in [0.15, 0.2) is 0 Å². The molecule has 1 atom stereocenters. The van der Waals surface area contributed by atoms with Crippen LogP contribution in [0.1, 0.15) is 39.7 Å². The number of carbonyl (C=O) groups is 3. The number of hydrogen-bond acceptors (Lipinski definition) is 6. The Labute approximate surface area is 190 Å². The Morgan fingerprint density at radius 1 is 1.03 bits per heavy atom. The van der Waals surface area contributed by atoms with Gasteiger partial charge < -0.3 is 29.3 Å². The van der Waals surface area contributed by atoms with E-state index >= 15 is 0 Å². The molecule has 0 aliphatic carbocycles.